The van der Waals surface area contributed by atoms with Crippen molar-refractivity contribution >= 4 is 34.8 Å². The maximum atomic E-state index is 12.2. The molecular weight excluding hydrogens is 394 g/mol. The van der Waals surface area contributed by atoms with Gasteiger partial charge in [-0.2, -0.15) is 5.10 Å². The maximum absolute atomic E-state index is 12.2. The molecule has 9 heteroatoms. The minimum Gasteiger partial charge on any atom is -0.483 e. The zero-order chi connectivity index (χ0) is 20.8. The molecule has 0 spiro atoms. The summed E-state index contributed by atoms with van der Waals surface area (Å²) in [5.74, 6) is 0.0825. The molecule has 2 aromatic carbocycles. The summed E-state index contributed by atoms with van der Waals surface area (Å²) in [6.45, 7) is 3.45. The fourth-order valence-corrected chi connectivity index (χ4v) is 2.76. The van der Waals surface area contributed by atoms with Crippen LogP contribution in [0.2, 0.25) is 5.02 Å². The van der Waals surface area contributed by atoms with Gasteiger partial charge in [0.2, 0.25) is 5.91 Å². The summed E-state index contributed by atoms with van der Waals surface area (Å²) in [7, 11) is 0. The van der Waals surface area contributed by atoms with Crippen LogP contribution < -0.4 is 15.4 Å². The van der Waals surface area contributed by atoms with Gasteiger partial charge in [0, 0.05) is 16.4 Å². The number of ether oxygens (including phenoxy) is 1. The molecule has 1 unspecified atom stereocenters. The Bertz CT molecular complexity index is 990. The minimum absolute atomic E-state index is 0.129. The van der Waals surface area contributed by atoms with Crippen LogP contribution in [0, 0.1) is 6.92 Å². The number of hydrogen-bond acceptors (Lipinski definition) is 5. The monoisotopic (exact) mass is 413 g/mol. The van der Waals surface area contributed by atoms with E-state index in [1.807, 2.05) is 6.92 Å². The molecule has 29 heavy (non-hydrogen) atoms. The van der Waals surface area contributed by atoms with Crippen molar-refractivity contribution in [3.05, 3.63) is 65.7 Å². The Hall–Kier alpha value is -3.39. The molecule has 150 valence electrons. The molecule has 0 aliphatic heterocycles. The van der Waals surface area contributed by atoms with E-state index in [2.05, 4.69) is 20.7 Å². The summed E-state index contributed by atoms with van der Waals surface area (Å²) < 4.78 is 6.99. The van der Waals surface area contributed by atoms with Gasteiger partial charge in [-0.1, -0.05) is 11.6 Å². The van der Waals surface area contributed by atoms with Crippen molar-refractivity contribution in [2.24, 2.45) is 0 Å². The topological polar surface area (TPSA) is 98.1 Å². The lowest BCUT2D eigenvalue weighted by molar-refractivity contribution is -0.119. The van der Waals surface area contributed by atoms with Crippen molar-refractivity contribution in [3.8, 4) is 5.75 Å². The Kier molecular flexibility index (Phi) is 6.46. The van der Waals surface area contributed by atoms with Gasteiger partial charge < -0.3 is 15.4 Å². The molecule has 0 radical (unpaired) electrons. The van der Waals surface area contributed by atoms with E-state index in [0.29, 0.717) is 22.1 Å². The van der Waals surface area contributed by atoms with Gasteiger partial charge in [-0.15, -0.1) is 0 Å². The standard InChI is InChI=1S/C20H20ClN5O3/c1-13-9-15(21)3-8-18(13)29-10-19(27)24-16-4-6-17(7-5-16)25-20(28)14(2)26-12-22-11-23-26/h3-9,11-12,14H,10H2,1-2H3,(H,24,27)(H,25,28). The van der Waals surface area contributed by atoms with Gasteiger partial charge in [-0.3, -0.25) is 9.59 Å². The van der Waals surface area contributed by atoms with Crippen molar-refractivity contribution in [2.45, 2.75) is 19.9 Å². The lowest BCUT2D eigenvalue weighted by Gasteiger charge is -2.13. The highest BCUT2D eigenvalue weighted by Crippen LogP contribution is 2.22. The van der Waals surface area contributed by atoms with E-state index < -0.39 is 6.04 Å². The van der Waals surface area contributed by atoms with Gasteiger partial charge in [-0.25, -0.2) is 9.67 Å². The lowest BCUT2D eigenvalue weighted by Crippen LogP contribution is -2.24. The van der Waals surface area contributed by atoms with Crippen LogP contribution in [0.1, 0.15) is 18.5 Å². The molecule has 1 atom stereocenters. The van der Waals surface area contributed by atoms with E-state index in [9.17, 15) is 9.59 Å². The van der Waals surface area contributed by atoms with E-state index in [4.69, 9.17) is 16.3 Å². The van der Waals surface area contributed by atoms with Crippen molar-refractivity contribution in [1.29, 1.82) is 0 Å². The molecule has 0 saturated heterocycles. The second kappa shape index (κ2) is 9.20. The van der Waals surface area contributed by atoms with Gasteiger partial charge in [0.25, 0.3) is 5.91 Å². The lowest BCUT2D eigenvalue weighted by atomic mass is 10.2. The zero-order valence-corrected chi connectivity index (χ0v) is 16.7. The largest absolute Gasteiger partial charge is 0.483 e. The Morgan fingerprint density at radius 1 is 1.14 bits per heavy atom. The van der Waals surface area contributed by atoms with Crippen LogP contribution in [0.25, 0.3) is 0 Å². The fourth-order valence-electron chi connectivity index (χ4n) is 2.54. The highest BCUT2D eigenvalue weighted by Gasteiger charge is 2.15. The quantitative estimate of drug-likeness (QED) is 0.618. The van der Waals surface area contributed by atoms with Crippen LogP contribution in [0.4, 0.5) is 11.4 Å². The van der Waals surface area contributed by atoms with Crippen molar-refractivity contribution in [3.63, 3.8) is 0 Å². The number of nitrogens with one attached hydrogen (secondary N) is 2. The molecule has 0 aliphatic carbocycles. The Morgan fingerprint density at radius 3 is 2.45 bits per heavy atom. The van der Waals surface area contributed by atoms with Gasteiger partial charge in [0.15, 0.2) is 6.61 Å². The van der Waals surface area contributed by atoms with Gasteiger partial charge in [0.1, 0.15) is 24.4 Å². The van der Waals surface area contributed by atoms with Crippen LogP contribution in [-0.2, 0) is 9.59 Å². The molecule has 1 aromatic heterocycles. The number of amides is 2. The van der Waals surface area contributed by atoms with E-state index in [1.165, 1.54) is 17.3 Å². The Labute approximate surface area is 172 Å². The second-order valence-electron chi connectivity index (χ2n) is 6.36. The smallest absolute Gasteiger partial charge is 0.262 e. The van der Waals surface area contributed by atoms with Crippen molar-refractivity contribution in [2.75, 3.05) is 17.2 Å². The molecule has 0 bridgehead atoms. The van der Waals surface area contributed by atoms with Crippen molar-refractivity contribution in [1.82, 2.24) is 14.8 Å². The maximum Gasteiger partial charge on any atom is 0.262 e. The van der Waals surface area contributed by atoms with Gasteiger partial charge in [0.05, 0.1) is 0 Å². The highest BCUT2D eigenvalue weighted by atomic mass is 35.5. The number of benzene rings is 2. The molecule has 0 saturated carbocycles. The van der Waals surface area contributed by atoms with Crippen molar-refractivity contribution < 1.29 is 14.3 Å². The van der Waals surface area contributed by atoms with Crippen LogP contribution in [-0.4, -0.2) is 33.2 Å². The number of carbonyl (C=O) groups excluding carboxylic acids is 2. The first-order chi connectivity index (χ1) is 13.9. The van der Waals surface area contributed by atoms with Crippen LogP contribution in [0.5, 0.6) is 5.75 Å². The third kappa shape index (κ3) is 5.55. The zero-order valence-electron chi connectivity index (χ0n) is 15.9. The summed E-state index contributed by atoms with van der Waals surface area (Å²) in [6.07, 6.45) is 2.86. The number of anilines is 2. The molecule has 2 amide bonds. The first-order valence-corrected chi connectivity index (χ1v) is 9.24. The predicted molar refractivity (Wildman–Crippen MR) is 110 cm³/mol. The van der Waals surface area contributed by atoms with Crippen LogP contribution >= 0.6 is 11.6 Å². The molecule has 3 aromatic rings. The average molecular weight is 414 g/mol. The molecule has 1 heterocycles. The van der Waals surface area contributed by atoms with Gasteiger partial charge >= 0.3 is 0 Å². The summed E-state index contributed by atoms with van der Waals surface area (Å²) in [5, 5.41) is 10.1. The first kappa shape index (κ1) is 20.3. The molecule has 0 fully saturated rings. The predicted octanol–water partition coefficient (Wildman–Crippen LogP) is 3.46. The number of nitrogens with zero attached hydrogens (tertiary/aromatic N) is 3. The number of rotatable bonds is 7. The number of aryl methyl sites for hydroxylation is 1. The molecule has 2 N–H and O–H groups in total. The Morgan fingerprint density at radius 2 is 1.83 bits per heavy atom. The SMILES string of the molecule is Cc1cc(Cl)ccc1OCC(=O)Nc1ccc(NC(=O)C(C)n2cncn2)cc1. The summed E-state index contributed by atoms with van der Waals surface area (Å²) >= 11 is 5.91. The number of hydrogen-bond donors (Lipinski definition) is 2. The number of aromatic nitrogens is 3. The van der Waals surface area contributed by atoms with Gasteiger partial charge in [-0.05, 0) is 61.9 Å². The van der Waals surface area contributed by atoms with E-state index >= 15 is 0 Å². The average Bonchev–Trinajstić information content (AvgIpc) is 3.23. The van der Waals surface area contributed by atoms with Crippen LogP contribution in [0.15, 0.2) is 55.1 Å². The first-order valence-electron chi connectivity index (χ1n) is 8.86. The van der Waals surface area contributed by atoms with E-state index in [-0.39, 0.29) is 18.4 Å². The van der Waals surface area contributed by atoms with E-state index in [0.717, 1.165) is 5.56 Å². The summed E-state index contributed by atoms with van der Waals surface area (Å²) in [5.41, 5.74) is 2.05. The highest BCUT2D eigenvalue weighted by molar-refractivity contribution is 6.30. The fraction of sp³-hybridized carbons (Fsp3) is 0.200. The molecule has 8 nitrogen and oxygen atoms in total. The normalized spacial score (nSPS) is 11.6. The molecule has 3 rings (SSSR count). The number of carbonyl (C=O) groups is 2. The minimum atomic E-state index is -0.495. The van der Waals surface area contributed by atoms with E-state index in [1.54, 1.807) is 49.4 Å². The summed E-state index contributed by atoms with van der Waals surface area (Å²) in [4.78, 5) is 28.2. The molecule has 0 aliphatic rings. The third-order valence-electron chi connectivity index (χ3n) is 4.14. The third-order valence-corrected chi connectivity index (χ3v) is 4.38. The van der Waals surface area contributed by atoms with Crippen LogP contribution in [0.3, 0.4) is 0 Å². The summed E-state index contributed by atoms with van der Waals surface area (Å²) in [6, 6.07) is 11.5. The second-order valence-corrected chi connectivity index (χ2v) is 6.80. The number of halogens is 1. The molecular formula is C20H20ClN5O3. The Balaban J connectivity index is 1.50.